The summed E-state index contributed by atoms with van der Waals surface area (Å²) in [4.78, 5) is 19.6. The molecule has 1 aliphatic heterocycles. The molecule has 0 saturated carbocycles. The third kappa shape index (κ3) is 4.00. The zero-order chi connectivity index (χ0) is 18.8. The lowest BCUT2D eigenvalue weighted by atomic mass is 9.97. The van der Waals surface area contributed by atoms with Crippen LogP contribution in [0.5, 0.6) is 0 Å². The minimum Gasteiger partial charge on any atom is -0.380 e. The Kier molecular flexibility index (Phi) is 5.43. The number of methoxy groups -OCH3 is 1. The molecule has 1 aliphatic rings. The van der Waals surface area contributed by atoms with Crippen molar-refractivity contribution in [2.45, 2.75) is 25.4 Å². The second kappa shape index (κ2) is 7.97. The highest BCUT2D eigenvalue weighted by Gasteiger charge is 2.26. The van der Waals surface area contributed by atoms with E-state index < -0.39 is 0 Å². The molecule has 0 spiro atoms. The molecule has 4 rings (SSSR count). The molecule has 1 saturated heterocycles. The molecule has 1 fully saturated rings. The topological polar surface area (TPSA) is 42.4 Å². The molecule has 0 N–H and O–H groups in total. The summed E-state index contributed by atoms with van der Waals surface area (Å²) in [7, 11) is 1.66. The Hall–Kier alpha value is -1.95. The Morgan fingerprint density at radius 3 is 2.85 bits per heavy atom. The predicted molar refractivity (Wildman–Crippen MR) is 110 cm³/mol. The maximum absolute atomic E-state index is 12.8. The summed E-state index contributed by atoms with van der Waals surface area (Å²) in [6.45, 7) is 2.04. The van der Waals surface area contributed by atoms with Gasteiger partial charge in [-0.25, -0.2) is 4.98 Å². The van der Waals surface area contributed by atoms with Crippen molar-refractivity contribution in [3.05, 3.63) is 63.6 Å². The van der Waals surface area contributed by atoms with Gasteiger partial charge in [0.1, 0.15) is 0 Å². The summed E-state index contributed by atoms with van der Waals surface area (Å²) in [5.41, 5.74) is 2.72. The minimum atomic E-state index is 0.0995. The molecule has 1 amide bonds. The van der Waals surface area contributed by atoms with E-state index in [9.17, 15) is 4.79 Å². The lowest BCUT2D eigenvalue weighted by Gasteiger charge is -2.31. The summed E-state index contributed by atoms with van der Waals surface area (Å²) in [5.74, 6) is 0.507. The van der Waals surface area contributed by atoms with Gasteiger partial charge in [0.2, 0.25) is 0 Å². The summed E-state index contributed by atoms with van der Waals surface area (Å²) in [5, 5.41) is 1.87. The van der Waals surface area contributed by atoms with E-state index in [-0.39, 0.29) is 5.91 Å². The summed E-state index contributed by atoms with van der Waals surface area (Å²) in [6.07, 6.45) is 1.88. The van der Waals surface area contributed by atoms with Crippen LogP contribution in [0.3, 0.4) is 0 Å². The van der Waals surface area contributed by atoms with Crippen LogP contribution in [0.2, 0.25) is 5.02 Å². The first kappa shape index (κ1) is 18.4. The van der Waals surface area contributed by atoms with Gasteiger partial charge in [-0.05, 0) is 48.7 Å². The molecule has 0 radical (unpaired) electrons. The number of carbonyl (C=O) groups is 1. The number of nitrogens with zero attached hydrogens (tertiary/aromatic N) is 2. The fourth-order valence-corrected chi connectivity index (χ4v) is 4.85. The van der Waals surface area contributed by atoms with E-state index in [0.29, 0.717) is 12.5 Å². The normalized spacial score (nSPS) is 15.4. The van der Waals surface area contributed by atoms with Crippen LogP contribution in [-0.2, 0) is 11.3 Å². The molecule has 2 aromatic carbocycles. The number of benzene rings is 2. The molecule has 6 heteroatoms. The van der Waals surface area contributed by atoms with E-state index in [1.807, 2.05) is 47.4 Å². The van der Waals surface area contributed by atoms with Gasteiger partial charge >= 0.3 is 0 Å². The van der Waals surface area contributed by atoms with Crippen LogP contribution in [0.25, 0.3) is 10.2 Å². The number of fused-ring (bicyclic) bond motifs is 1. The lowest BCUT2D eigenvalue weighted by molar-refractivity contribution is 0.0712. The molecule has 2 heterocycles. The first-order chi connectivity index (χ1) is 13.1. The van der Waals surface area contributed by atoms with E-state index in [1.54, 1.807) is 18.4 Å². The van der Waals surface area contributed by atoms with Gasteiger partial charge in [-0.15, -0.1) is 11.3 Å². The number of rotatable bonds is 4. The zero-order valence-corrected chi connectivity index (χ0v) is 16.7. The fraction of sp³-hybridized carbons (Fsp3) is 0.333. The molecule has 140 valence electrons. The van der Waals surface area contributed by atoms with Crippen molar-refractivity contribution in [3.8, 4) is 0 Å². The van der Waals surface area contributed by atoms with Gasteiger partial charge in [0, 0.05) is 36.7 Å². The third-order valence-electron chi connectivity index (χ3n) is 4.98. The molecule has 27 heavy (non-hydrogen) atoms. The first-order valence-corrected chi connectivity index (χ1v) is 10.3. The van der Waals surface area contributed by atoms with Crippen molar-refractivity contribution >= 4 is 39.1 Å². The van der Waals surface area contributed by atoms with Gasteiger partial charge in [0.15, 0.2) is 0 Å². The monoisotopic (exact) mass is 400 g/mol. The Bertz CT molecular complexity index is 964. The number of aromatic nitrogens is 1. The number of carbonyl (C=O) groups excluding carboxylic acids is 1. The van der Waals surface area contributed by atoms with E-state index >= 15 is 0 Å². The summed E-state index contributed by atoms with van der Waals surface area (Å²) >= 11 is 7.81. The average molecular weight is 401 g/mol. The highest BCUT2D eigenvalue weighted by atomic mass is 35.5. The van der Waals surface area contributed by atoms with Gasteiger partial charge in [-0.2, -0.15) is 0 Å². The maximum atomic E-state index is 12.8. The quantitative estimate of drug-likeness (QED) is 0.610. The Balaban J connectivity index is 1.43. The smallest absolute Gasteiger partial charge is 0.253 e. The fourth-order valence-electron chi connectivity index (χ4n) is 3.57. The van der Waals surface area contributed by atoms with Crippen molar-refractivity contribution in [1.82, 2.24) is 9.88 Å². The average Bonchev–Trinajstić information content (AvgIpc) is 3.11. The summed E-state index contributed by atoms with van der Waals surface area (Å²) in [6, 6.07) is 13.6. The SMILES string of the molecule is COCc1cccc(C(=O)N2CCC(c3nc4cc(Cl)ccc4s3)CC2)c1. The molecule has 0 bridgehead atoms. The van der Waals surface area contributed by atoms with Gasteiger partial charge in [0.05, 0.1) is 21.8 Å². The largest absolute Gasteiger partial charge is 0.380 e. The van der Waals surface area contributed by atoms with Crippen molar-refractivity contribution in [3.63, 3.8) is 0 Å². The second-order valence-corrected chi connectivity index (χ2v) is 8.36. The van der Waals surface area contributed by atoms with Gasteiger partial charge in [0.25, 0.3) is 5.91 Å². The number of piperidine rings is 1. The standard InChI is InChI=1S/C21H21ClN2O2S/c1-26-13-14-3-2-4-16(11-14)21(25)24-9-7-15(8-10-24)20-23-18-12-17(22)5-6-19(18)27-20/h2-6,11-12,15H,7-10,13H2,1H3. The molecule has 0 atom stereocenters. The molecular formula is C21H21ClN2O2S. The number of hydrogen-bond donors (Lipinski definition) is 0. The van der Waals surface area contributed by atoms with E-state index in [1.165, 1.54) is 4.70 Å². The number of likely N-dealkylation sites (tertiary alicyclic amines) is 1. The number of hydrogen-bond acceptors (Lipinski definition) is 4. The van der Waals surface area contributed by atoms with Crippen LogP contribution in [0.1, 0.15) is 39.7 Å². The minimum absolute atomic E-state index is 0.0995. The Morgan fingerprint density at radius 2 is 2.07 bits per heavy atom. The van der Waals surface area contributed by atoms with Gasteiger partial charge in [-0.1, -0.05) is 23.7 Å². The molecule has 4 nitrogen and oxygen atoms in total. The van der Waals surface area contributed by atoms with Crippen molar-refractivity contribution in [2.75, 3.05) is 20.2 Å². The number of thiazole rings is 1. The van der Waals surface area contributed by atoms with Crippen LogP contribution < -0.4 is 0 Å². The molecule has 3 aromatic rings. The Labute approximate surface area is 167 Å². The molecule has 0 unspecified atom stereocenters. The third-order valence-corrected chi connectivity index (χ3v) is 6.42. The first-order valence-electron chi connectivity index (χ1n) is 9.07. The summed E-state index contributed by atoms with van der Waals surface area (Å²) < 4.78 is 6.33. The van der Waals surface area contributed by atoms with E-state index in [4.69, 9.17) is 21.3 Å². The number of ether oxygens (including phenoxy) is 1. The van der Waals surface area contributed by atoms with Crippen LogP contribution in [-0.4, -0.2) is 36.0 Å². The highest BCUT2D eigenvalue weighted by Crippen LogP contribution is 2.35. The van der Waals surface area contributed by atoms with E-state index in [0.717, 1.165) is 52.6 Å². The zero-order valence-electron chi connectivity index (χ0n) is 15.2. The second-order valence-electron chi connectivity index (χ2n) is 6.86. The van der Waals surface area contributed by atoms with Crippen molar-refractivity contribution < 1.29 is 9.53 Å². The predicted octanol–water partition coefficient (Wildman–Crippen LogP) is 5.12. The van der Waals surface area contributed by atoms with E-state index in [2.05, 4.69) is 0 Å². The highest BCUT2D eigenvalue weighted by molar-refractivity contribution is 7.18. The molecular weight excluding hydrogens is 380 g/mol. The van der Waals surface area contributed by atoms with Gasteiger partial charge < -0.3 is 9.64 Å². The number of halogens is 1. The van der Waals surface area contributed by atoms with Crippen LogP contribution in [0.4, 0.5) is 0 Å². The molecule has 0 aliphatic carbocycles. The number of amides is 1. The van der Waals surface area contributed by atoms with Gasteiger partial charge in [-0.3, -0.25) is 4.79 Å². The van der Waals surface area contributed by atoms with Crippen molar-refractivity contribution in [2.24, 2.45) is 0 Å². The molecule has 1 aromatic heterocycles. The maximum Gasteiger partial charge on any atom is 0.253 e. The lowest BCUT2D eigenvalue weighted by Crippen LogP contribution is -2.37. The Morgan fingerprint density at radius 1 is 1.26 bits per heavy atom. The van der Waals surface area contributed by atoms with Crippen LogP contribution >= 0.6 is 22.9 Å². The van der Waals surface area contributed by atoms with Crippen LogP contribution in [0, 0.1) is 0 Å². The van der Waals surface area contributed by atoms with Crippen LogP contribution in [0.15, 0.2) is 42.5 Å². The van der Waals surface area contributed by atoms with Crippen molar-refractivity contribution in [1.29, 1.82) is 0 Å².